The van der Waals surface area contributed by atoms with Crippen molar-refractivity contribution in [2.75, 3.05) is 13.7 Å². The maximum atomic E-state index is 14.2. The van der Waals surface area contributed by atoms with Gasteiger partial charge in [0.15, 0.2) is 5.69 Å². The van der Waals surface area contributed by atoms with Gasteiger partial charge in [-0.25, -0.2) is 9.07 Å². The van der Waals surface area contributed by atoms with Gasteiger partial charge < -0.3 is 15.4 Å². The van der Waals surface area contributed by atoms with Crippen LogP contribution in [0, 0.1) is 0 Å². The van der Waals surface area contributed by atoms with Gasteiger partial charge in [0.25, 0.3) is 11.8 Å². The minimum Gasteiger partial charge on any atom is -0.497 e. The average Bonchev–Trinajstić information content (AvgIpc) is 3.47. The molecule has 0 unspecified atom stereocenters. The molecule has 1 aliphatic rings. The molecule has 156 valence electrons. The van der Waals surface area contributed by atoms with Gasteiger partial charge in [0.05, 0.1) is 49.9 Å². The van der Waals surface area contributed by atoms with Crippen LogP contribution in [0.5, 0.6) is 5.75 Å². The Labute approximate surface area is 170 Å². The monoisotopic (exact) mass is 413 g/mol. The molecule has 30 heavy (non-hydrogen) atoms. The maximum absolute atomic E-state index is 14.2. The normalized spacial score (nSPS) is 18.5. The van der Waals surface area contributed by atoms with E-state index in [2.05, 4.69) is 20.5 Å². The molecule has 2 atom stereocenters. The first-order chi connectivity index (χ1) is 14.5. The van der Waals surface area contributed by atoms with Crippen molar-refractivity contribution >= 4 is 11.8 Å². The lowest BCUT2D eigenvalue weighted by Crippen LogP contribution is -2.38. The number of likely N-dealkylation sites (tertiary alicyclic amines) is 1. The zero-order chi connectivity index (χ0) is 21.3. The number of hydrogen-bond donors (Lipinski definition) is 2. The van der Waals surface area contributed by atoms with Gasteiger partial charge >= 0.3 is 0 Å². The minimum atomic E-state index is -1.16. The zero-order valence-electron chi connectivity index (χ0n) is 16.2. The highest BCUT2D eigenvalue weighted by Crippen LogP contribution is 2.28. The van der Waals surface area contributed by atoms with Gasteiger partial charge in [-0.15, -0.1) is 5.10 Å². The molecule has 1 aliphatic heterocycles. The number of alkyl halides is 1. The molecule has 0 aliphatic carbocycles. The van der Waals surface area contributed by atoms with Gasteiger partial charge in [0, 0.05) is 12.0 Å². The van der Waals surface area contributed by atoms with E-state index in [0.717, 1.165) is 5.56 Å². The number of nitrogens with zero attached hydrogens (tertiary/aromatic N) is 5. The Kier molecular flexibility index (Phi) is 5.17. The first kappa shape index (κ1) is 19.6. The quantitative estimate of drug-likeness (QED) is 0.620. The molecule has 3 N–H and O–H groups in total. The maximum Gasteiger partial charge on any atom is 0.270 e. The summed E-state index contributed by atoms with van der Waals surface area (Å²) in [6.07, 6.45) is 1.82. The van der Waals surface area contributed by atoms with Crippen molar-refractivity contribution < 1.29 is 18.7 Å². The fraction of sp³-hybridized carbons (Fsp3) is 0.316. The summed E-state index contributed by atoms with van der Waals surface area (Å²) in [5.74, 6) is -0.351. The van der Waals surface area contributed by atoms with Crippen LogP contribution in [0.25, 0.3) is 11.3 Å². The van der Waals surface area contributed by atoms with Gasteiger partial charge in [-0.1, -0.05) is 5.21 Å². The molecule has 11 heteroatoms. The number of hydrogen-bond acceptors (Lipinski definition) is 6. The standard InChI is InChI=1S/C19H20FN7O3/c1-30-14-4-2-11(3-5-14)17-15(7-22-24-17)19(29)27-8-12(20)6-13(27)9-26-10-16(18(21)28)23-25-26/h2-5,7,10,12-13H,6,8-9H2,1H3,(H2,21,28)(H,22,24)/t12-,13-/m0/s1. The molecule has 0 spiro atoms. The molecule has 0 saturated carbocycles. The molecule has 10 nitrogen and oxygen atoms in total. The van der Waals surface area contributed by atoms with E-state index in [-0.39, 0.29) is 31.1 Å². The molecule has 3 aromatic rings. The van der Waals surface area contributed by atoms with Crippen molar-refractivity contribution in [2.24, 2.45) is 5.73 Å². The molecule has 2 amide bonds. The third-order valence-electron chi connectivity index (χ3n) is 5.06. The highest BCUT2D eigenvalue weighted by molar-refractivity contribution is 6.00. The summed E-state index contributed by atoms with van der Waals surface area (Å²) in [5, 5.41) is 14.4. The molecule has 0 bridgehead atoms. The van der Waals surface area contributed by atoms with Gasteiger partial charge in [-0.3, -0.25) is 14.7 Å². The fourth-order valence-electron chi connectivity index (χ4n) is 3.58. The lowest BCUT2D eigenvalue weighted by molar-refractivity contribution is 0.0715. The number of halogens is 1. The summed E-state index contributed by atoms with van der Waals surface area (Å²) in [7, 11) is 1.57. The van der Waals surface area contributed by atoms with Crippen LogP contribution in [0.3, 0.4) is 0 Å². The second-order valence-corrected chi connectivity index (χ2v) is 7.02. The van der Waals surface area contributed by atoms with Crippen molar-refractivity contribution in [1.82, 2.24) is 30.1 Å². The Hall–Kier alpha value is -3.76. The predicted octanol–water partition coefficient (Wildman–Crippen LogP) is 1.03. The molecule has 0 radical (unpaired) electrons. The molecule has 1 saturated heterocycles. The van der Waals surface area contributed by atoms with Crippen LogP contribution in [-0.4, -0.2) is 67.8 Å². The third-order valence-corrected chi connectivity index (χ3v) is 5.06. The van der Waals surface area contributed by atoms with E-state index in [4.69, 9.17) is 10.5 Å². The summed E-state index contributed by atoms with van der Waals surface area (Å²) in [4.78, 5) is 25.9. The predicted molar refractivity (Wildman–Crippen MR) is 103 cm³/mol. The molecule has 3 heterocycles. The Bertz CT molecular complexity index is 1060. The Morgan fingerprint density at radius 1 is 1.33 bits per heavy atom. The number of ether oxygens (including phenoxy) is 1. The molecular formula is C19H20FN7O3. The third kappa shape index (κ3) is 3.73. The number of H-pyrrole nitrogens is 1. The number of amides is 2. The number of benzene rings is 1. The van der Waals surface area contributed by atoms with E-state index in [0.29, 0.717) is 17.0 Å². The lowest BCUT2D eigenvalue weighted by Gasteiger charge is -2.24. The summed E-state index contributed by atoms with van der Waals surface area (Å²) >= 11 is 0. The Morgan fingerprint density at radius 3 is 2.77 bits per heavy atom. The summed E-state index contributed by atoms with van der Waals surface area (Å²) in [6.45, 7) is 0.163. The first-order valence-corrected chi connectivity index (χ1v) is 9.29. The largest absolute Gasteiger partial charge is 0.497 e. The van der Waals surface area contributed by atoms with Crippen LogP contribution < -0.4 is 10.5 Å². The average molecular weight is 413 g/mol. The number of carbonyl (C=O) groups excluding carboxylic acids is 2. The number of nitrogens with two attached hydrogens (primary N) is 1. The van der Waals surface area contributed by atoms with Crippen LogP contribution in [0.2, 0.25) is 0 Å². The van der Waals surface area contributed by atoms with Crippen LogP contribution in [0.4, 0.5) is 4.39 Å². The van der Waals surface area contributed by atoms with Crippen molar-refractivity contribution in [3.63, 3.8) is 0 Å². The summed E-state index contributed by atoms with van der Waals surface area (Å²) < 4.78 is 20.8. The number of aromatic nitrogens is 5. The zero-order valence-corrected chi connectivity index (χ0v) is 16.2. The Morgan fingerprint density at radius 2 is 2.10 bits per heavy atom. The summed E-state index contributed by atoms with van der Waals surface area (Å²) in [6, 6.07) is 6.73. The second-order valence-electron chi connectivity index (χ2n) is 7.02. The molecule has 1 fully saturated rings. The lowest BCUT2D eigenvalue weighted by atomic mass is 10.1. The fourth-order valence-corrected chi connectivity index (χ4v) is 3.58. The number of aromatic amines is 1. The van der Waals surface area contributed by atoms with Crippen molar-refractivity contribution in [3.8, 4) is 17.0 Å². The number of carbonyl (C=O) groups is 2. The van der Waals surface area contributed by atoms with Gasteiger partial charge in [-0.05, 0) is 24.3 Å². The number of rotatable bonds is 6. The van der Waals surface area contributed by atoms with Crippen LogP contribution in [0.1, 0.15) is 27.3 Å². The highest BCUT2D eigenvalue weighted by atomic mass is 19.1. The van der Waals surface area contributed by atoms with E-state index >= 15 is 0 Å². The highest BCUT2D eigenvalue weighted by Gasteiger charge is 2.37. The van der Waals surface area contributed by atoms with Gasteiger partial charge in [0.2, 0.25) is 0 Å². The van der Waals surface area contributed by atoms with E-state index in [1.165, 1.54) is 22.0 Å². The van der Waals surface area contributed by atoms with Gasteiger partial charge in [-0.2, -0.15) is 5.10 Å². The summed E-state index contributed by atoms with van der Waals surface area (Å²) in [5.41, 5.74) is 6.84. The van der Waals surface area contributed by atoms with Crippen LogP contribution in [-0.2, 0) is 6.54 Å². The van der Waals surface area contributed by atoms with Crippen molar-refractivity contribution in [2.45, 2.75) is 25.2 Å². The number of nitrogens with one attached hydrogen (secondary N) is 1. The molecule has 4 rings (SSSR count). The molecule has 2 aromatic heterocycles. The molecular weight excluding hydrogens is 393 g/mol. The van der Waals surface area contributed by atoms with Crippen LogP contribution >= 0.6 is 0 Å². The topological polar surface area (TPSA) is 132 Å². The molecule has 1 aromatic carbocycles. The Balaban J connectivity index is 1.57. The smallest absolute Gasteiger partial charge is 0.270 e. The van der Waals surface area contributed by atoms with E-state index in [9.17, 15) is 14.0 Å². The first-order valence-electron chi connectivity index (χ1n) is 9.29. The van der Waals surface area contributed by atoms with Gasteiger partial charge in [0.1, 0.15) is 11.9 Å². The second kappa shape index (κ2) is 7.93. The van der Waals surface area contributed by atoms with Crippen LogP contribution in [0.15, 0.2) is 36.7 Å². The van der Waals surface area contributed by atoms with Crippen molar-refractivity contribution in [3.05, 3.63) is 47.9 Å². The van der Waals surface area contributed by atoms with E-state index in [1.54, 1.807) is 19.2 Å². The number of methoxy groups -OCH3 is 1. The van der Waals surface area contributed by atoms with E-state index < -0.39 is 18.1 Å². The SMILES string of the molecule is COc1ccc(-c2[nH]ncc2C(=O)N2C[C@@H](F)C[C@H]2Cn2cc(C(N)=O)nn2)cc1. The number of primary amides is 1. The van der Waals surface area contributed by atoms with E-state index in [1.807, 2.05) is 12.1 Å². The van der Waals surface area contributed by atoms with Crippen molar-refractivity contribution in [1.29, 1.82) is 0 Å². The minimum absolute atomic E-state index is 0.0132.